The quantitative estimate of drug-likeness (QED) is 0.615. The highest BCUT2D eigenvalue weighted by Gasteiger charge is 2.16. The van der Waals surface area contributed by atoms with Gasteiger partial charge in [0.25, 0.3) is 0 Å². The fourth-order valence-electron chi connectivity index (χ4n) is 2.18. The van der Waals surface area contributed by atoms with E-state index in [2.05, 4.69) is 15.4 Å². The highest BCUT2D eigenvalue weighted by Crippen LogP contribution is 2.11. The van der Waals surface area contributed by atoms with Gasteiger partial charge in [0.1, 0.15) is 0 Å². The molecule has 0 spiro atoms. The molecule has 1 aromatic carbocycles. The normalized spacial score (nSPS) is 10.5. The lowest BCUT2D eigenvalue weighted by Gasteiger charge is -2.19. The van der Waals surface area contributed by atoms with Crippen LogP contribution >= 0.6 is 0 Å². The van der Waals surface area contributed by atoms with Crippen molar-refractivity contribution in [1.29, 1.82) is 0 Å². The summed E-state index contributed by atoms with van der Waals surface area (Å²) in [5, 5.41) is 4.77. The third-order valence-corrected chi connectivity index (χ3v) is 3.45. The van der Waals surface area contributed by atoms with E-state index in [1.165, 1.54) is 0 Å². The molecule has 0 heterocycles. The molecule has 0 aliphatic carbocycles. The zero-order chi connectivity index (χ0) is 21.1. The van der Waals surface area contributed by atoms with Crippen LogP contribution in [0.3, 0.4) is 0 Å². The van der Waals surface area contributed by atoms with Crippen molar-refractivity contribution in [2.75, 3.05) is 31.6 Å². The monoisotopic (exact) mass is 393 g/mol. The first kappa shape index (κ1) is 23.1. The third kappa shape index (κ3) is 8.63. The second-order valence-electron chi connectivity index (χ2n) is 6.15. The molecule has 1 aromatic rings. The first-order valence-corrected chi connectivity index (χ1v) is 9.05. The molecule has 0 fully saturated rings. The number of rotatable bonds is 9. The first-order chi connectivity index (χ1) is 13.2. The van der Waals surface area contributed by atoms with E-state index in [4.69, 9.17) is 4.74 Å². The van der Waals surface area contributed by atoms with Gasteiger partial charge in [0.05, 0.1) is 31.4 Å². The van der Waals surface area contributed by atoms with Crippen LogP contribution in [0.5, 0.6) is 0 Å². The smallest absolute Gasteiger partial charge is 0.413 e. The number of hydrogen-bond donors (Lipinski definition) is 2. The molecule has 28 heavy (non-hydrogen) atoms. The number of anilines is 1. The lowest BCUT2D eigenvalue weighted by molar-refractivity contribution is -0.122. The summed E-state index contributed by atoms with van der Waals surface area (Å²) < 4.78 is 9.73. The van der Waals surface area contributed by atoms with E-state index in [1.54, 1.807) is 56.9 Å². The number of likely N-dealkylation sites (N-methyl/N-ethyl adjacent to an activating group) is 1. The van der Waals surface area contributed by atoms with Crippen LogP contribution < -0.4 is 10.6 Å². The van der Waals surface area contributed by atoms with Gasteiger partial charge < -0.3 is 14.8 Å². The van der Waals surface area contributed by atoms with Crippen molar-refractivity contribution in [3.8, 4) is 0 Å². The topological polar surface area (TPSA) is 114 Å². The van der Waals surface area contributed by atoms with E-state index in [1.807, 2.05) is 0 Å². The van der Waals surface area contributed by atoms with Gasteiger partial charge in [0, 0.05) is 5.69 Å². The van der Waals surface area contributed by atoms with Crippen molar-refractivity contribution in [2.24, 2.45) is 0 Å². The molecular weight excluding hydrogens is 366 g/mol. The number of alkyl carbamates (subject to hydrolysis) is 1. The van der Waals surface area contributed by atoms with Crippen molar-refractivity contribution in [2.45, 2.75) is 33.8 Å². The molecule has 1 rings (SSSR count). The van der Waals surface area contributed by atoms with E-state index < -0.39 is 18.0 Å². The maximum atomic E-state index is 12.2. The Kier molecular flexibility index (Phi) is 9.66. The van der Waals surface area contributed by atoms with Crippen molar-refractivity contribution in [3.63, 3.8) is 0 Å². The van der Waals surface area contributed by atoms with Gasteiger partial charge in [-0.15, -0.1) is 0 Å². The molecule has 0 unspecified atom stereocenters. The molecule has 0 aromatic heterocycles. The molecule has 9 heteroatoms. The Morgan fingerprint density at radius 2 is 1.61 bits per heavy atom. The summed E-state index contributed by atoms with van der Waals surface area (Å²) in [5.41, 5.74) is 0.899. The number of carbonyl (C=O) groups is 4. The van der Waals surface area contributed by atoms with E-state index in [-0.39, 0.29) is 31.7 Å². The summed E-state index contributed by atoms with van der Waals surface area (Å²) >= 11 is 0. The zero-order valence-corrected chi connectivity index (χ0v) is 16.6. The molecule has 0 bridgehead atoms. The predicted molar refractivity (Wildman–Crippen MR) is 103 cm³/mol. The van der Waals surface area contributed by atoms with Gasteiger partial charge in [-0.3, -0.25) is 19.8 Å². The standard InChI is InChI=1S/C19H27N3O6/c1-5-22(12-17(24)21-19(26)27-6-2)11-16(23)20-15-9-7-14(8-10-15)18(25)28-13(3)4/h7-10,13H,5-6,11-12H2,1-4H3,(H,20,23)(H,21,24,26). The van der Waals surface area contributed by atoms with Crippen molar-refractivity contribution < 1.29 is 28.7 Å². The van der Waals surface area contributed by atoms with E-state index >= 15 is 0 Å². The maximum Gasteiger partial charge on any atom is 0.413 e. The third-order valence-electron chi connectivity index (χ3n) is 3.45. The summed E-state index contributed by atoms with van der Waals surface area (Å²) in [4.78, 5) is 48.6. The summed E-state index contributed by atoms with van der Waals surface area (Å²) in [7, 11) is 0. The fourth-order valence-corrected chi connectivity index (χ4v) is 2.18. The Bertz CT molecular complexity index is 687. The van der Waals surface area contributed by atoms with Gasteiger partial charge in [-0.2, -0.15) is 0 Å². The predicted octanol–water partition coefficient (Wildman–Crippen LogP) is 1.78. The lowest BCUT2D eigenvalue weighted by Crippen LogP contribution is -2.43. The molecule has 0 atom stereocenters. The highest BCUT2D eigenvalue weighted by atomic mass is 16.5. The molecule has 9 nitrogen and oxygen atoms in total. The molecule has 0 aliphatic heterocycles. The van der Waals surface area contributed by atoms with Crippen molar-refractivity contribution >= 4 is 29.6 Å². The Labute approximate surface area is 164 Å². The molecule has 2 N–H and O–H groups in total. The van der Waals surface area contributed by atoms with Crippen LogP contribution in [0.1, 0.15) is 38.1 Å². The first-order valence-electron chi connectivity index (χ1n) is 9.05. The van der Waals surface area contributed by atoms with Crippen LogP contribution in [0.15, 0.2) is 24.3 Å². The molecular formula is C19H27N3O6. The number of carbonyl (C=O) groups excluding carboxylic acids is 4. The summed E-state index contributed by atoms with van der Waals surface area (Å²) in [6, 6.07) is 6.31. The van der Waals surface area contributed by atoms with Gasteiger partial charge in [-0.25, -0.2) is 9.59 Å². The summed E-state index contributed by atoms with van der Waals surface area (Å²) in [5.74, 6) is -1.32. The van der Waals surface area contributed by atoms with E-state index in [0.717, 1.165) is 0 Å². The van der Waals surface area contributed by atoms with Crippen LogP contribution in [0.2, 0.25) is 0 Å². The van der Waals surface area contributed by atoms with Crippen LogP contribution in [-0.2, 0) is 19.1 Å². The molecule has 154 valence electrons. The summed E-state index contributed by atoms with van der Waals surface area (Å²) in [6.07, 6.45) is -1.03. The highest BCUT2D eigenvalue weighted by molar-refractivity contribution is 5.95. The zero-order valence-electron chi connectivity index (χ0n) is 16.6. The number of ether oxygens (including phenoxy) is 2. The number of esters is 1. The summed E-state index contributed by atoms with van der Waals surface area (Å²) in [6.45, 7) is 7.38. The fraction of sp³-hybridized carbons (Fsp3) is 0.474. The van der Waals surface area contributed by atoms with Gasteiger partial charge in [0.15, 0.2) is 0 Å². The second kappa shape index (κ2) is 11.7. The number of nitrogens with one attached hydrogen (secondary N) is 2. The van der Waals surface area contributed by atoms with Gasteiger partial charge in [-0.1, -0.05) is 6.92 Å². The maximum absolute atomic E-state index is 12.2. The Morgan fingerprint density at radius 3 is 2.14 bits per heavy atom. The van der Waals surface area contributed by atoms with Crippen LogP contribution in [0.25, 0.3) is 0 Å². The van der Waals surface area contributed by atoms with E-state index in [0.29, 0.717) is 17.8 Å². The average Bonchev–Trinajstić information content (AvgIpc) is 2.61. The van der Waals surface area contributed by atoms with Gasteiger partial charge in [0.2, 0.25) is 11.8 Å². The molecule has 3 amide bonds. The largest absolute Gasteiger partial charge is 0.459 e. The Morgan fingerprint density at radius 1 is 1.00 bits per heavy atom. The van der Waals surface area contributed by atoms with Crippen molar-refractivity contribution in [3.05, 3.63) is 29.8 Å². The number of imide groups is 1. The minimum atomic E-state index is -0.816. The minimum absolute atomic E-state index is 0.0378. The Balaban J connectivity index is 2.54. The SMILES string of the molecule is CCOC(=O)NC(=O)CN(CC)CC(=O)Nc1ccc(C(=O)OC(C)C)cc1. The molecule has 0 aliphatic rings. The number of nitrogens with zero attached hydrogens (tertiary/aromatic N) is 1. The molecule has 0 saturated heterocycles. The Hall–Kier alpha value is -2.94. The lowest BCUT2D eigenvalue weighted by atomic mass is 10.2. The molecule has 0 radical (unpaired) electrons. The van der Waals surface area contributed by atoms with Crippen molar-refractivity contribution in [1.82, 2.24) is 10.2 Å². The van der Waals surface area contributed by atoms with Crippen LogP contribution in [0, 0.1) is 0 Å². The van der Waals surface area contributed by atoms with Gasteiger partial charge >= 0.3 is 12.1 Å². The minimum Gasteiger partial charge on any atom is -0.459 e. The number of benzene rings is 1. The van der Waals surface area contributed by atoms with E-state index in [9.17, 15) is 19.2 Å². The molecule has 0 saturated carbocycles. The van der Waals surface area contributed by atoms with Gasteiger partial charge in [-0.05, 0) is 51.6 Å². The second-order valence-corrected chi connectivity index (χ2v) is 6.15. The van der Waals surface area contributed by atoms with Crippen LogP contribution in [0.4, 0.5) is 10.5 Å². The number of amides is 3. The average molecular weight is 393 g/mol. The number of hydrogen-bond acceptors (Lipinski definition) is 7. The van der Waals surface area contributed by atoms with Crippen LogP contribution in [-0.4, -0.2) is 61.1 Å².